The highest BCUT2D eigenvalue weighted by Crippen LogP contribution is 2.34. The molecular weight excluding hydrogens is 534 g/mol. The minimum absolute atomic E-state index is 0.215. The van der Waals surface area contributed by atoms with Gasteiger partial charge in [0, 0.05) is 44.8 Å². The molecule has 0 aliphatic carbocycles. The first-order chi connectivity index (χ1) is 16.8. The number of thiazole rings is 1. The summed E-state index contributed by atoms with van der Waals surface area (Å²) in [6.45, 7) is 1.48. The highest BCUT2D eigenvalue weighted by molar-refractivity contribution is 7.91. The van der Waals surface area contributed by atoms with Crippen LogP contribution in [0.5, 0.6) is 11.5 Å². The van der Waals surface area contributed by atoms with Crippen LogP contribution >= 0.6 is 34.3 Å². The van der Waals surface area contributed by atoms with Crippen LogP contribution in [0.3, 0.4) is 0 Å². The number of carbonyl (C=O) groups is 1. The van der Waals surface area contributed by atoms with Gasteiger partial charge in [-0.15, -0.1) is 11.3 Å². The highest BCUT2D eigenvalue weighted by atomic mass is 35.5. The number of ether oxygens (including phenoxy) is 3. The SMILES string of the molecule is COCCn1c(=NC(=O)C2CCN(S(=O)(=O)c3ccc(Cl)s3)CC2)sc2cc(OC)c(OC)cc21. The first-order valence-electron chi connectivity index (χ1n) is 10.9. The second kappa shape index (κ2) is 11.0. The summed E-state index contributed by atoms with van der Waals surface area (Å²) in [7, 11) is 1.15. The molecule has 0 atom stereocenters. The van der Waals surface area contributed by atoms with E-state index >= 15 is 0 Å². The molecule has 0 unspecified atom stereocenters. The van der Waals surface area contributed by atoms with E-state index in [9.17, 15) is 13.2 Å². The molecule has 3 aromatic rings. The van der Waals surface area contributed by atoms with Crippen LogP contribution in [0.15, 0.2) is 33.5 Å². The van der Waals surface area contributed by atoms with E-state index in [1.807, 2.05) is 16.7 Å². The number of carbonyl (C=O) groups excluding carboxylic acids is 1. The standard InChI is InChI=1S/C22H26ClN3O6S3/c1-30-11-10-26-15-12-16(31-2)17(32-3)13-18(15)33-22(26)24-21(27)14-6-8-25(9-7-14)35(28,29)20-5-4-19(23)34-20/h4-5,12-14H,6-11H2,1-3H3. The molecule has 35 heavy (non-hydrogen) atoms. The zero-order valence-electron chi connectivity index (χ0n) is 19.5. The van der Waals surface area contributed by atoms with E-state index in [0.29, 0.717) is 46.6 Å². The third-order valence-corrected chi connectivity index (χ3v) is 10.5. The van der Waals surface area contributed by atoms with Crippen molar-refractivity contribution in [1.82, 2.24) is 8.87 Å². The normalized spacial score (nSPS) is 16.2. The van der Waals surface area contributed by atoms with Crippen LogP contribution in [-0.4, -0.2) is 64.2 Å². The van der Waals surface area contributed by atoms with Gasteiger partial charge in [-0.1, -0.05) is 22.9 Å². The van der Waals surface area contributed by atoms with Crippen molar-refractivity contribution in [2.45, 2.75) is 23.6 Å². The second-order valence-electron chi connectivity index (χ2n) is 7.89. The fraction of sp³-hybridized carbons (Fsp3) is 0.455. The van der Waals surface area contributed by atoms with Crippen LogP contribution in [0.25, 0.3) is 10.2 Å². The quantitative estimate of drug-likeness (QED) is 0.418. The van der Waals surface area contributed by atoms with Gasteiger partial charge >= 0.3 is 0 Å². The molecule has 0 spiro atoms. The molecule has 13 heteroatoms. The maximum atomic E-state index is 13.1. The zero-order chi connectivity index (χ0) is 25.2. The molecule has 0 saturated carbocycles. The average molecular weight is 560 g/mol. The molecule has 190 valence electrons. The maximum Gasteiger partial charge on any atom is 0.252 e. The van der Waals surface area contributed by atoms with Gasteiger partial charge in [-0.05, 0) is 25.0 Å². The van der Waals surface area contributed by atoms with Gasteiger partial charge < -0.3 is 18.8 Å². The summed E-state index contributed by atoms with van der Waals surface area (Å²) in [5.74, 6) is 0.581. The van der Waals surface area contributed by atoms with Gasteiger partial charge in [0.2, 0.25) is 0 Å². The van der Waals surface area contributed by atoms with Gasteiger partial charge in [-0.2, -0.15) is 9.30 Å². The molecule has 9 nitrogen and oxygen atoms in total. The van der Waals surface area contributed by atoms with Crippen molar-refractivity contribution < 1.29 is 27.4 Å². The molecule has 0 radical (unpaired) electrons. The lowest BCUT2D eigenvalue weighted by molar-refractivity contribution is -0.122. The Morgan fingerprint density at radius 1 is 1.11 bits per heavy atom. The fourth-order valence-corrected chi connectivity index (χ4v) is 8.15. The lowest BCUT2D eigenvalue weighted by Crippen LogP contribution is -2.40. The van der Waals surface area contributed by atoms with Crippen molar-refractivity contribution in [2.75, 3.05) is 41.0 Å². The largest absolute Gasteiger partial charge is 0.493 e. The molecule has 1 saturated heterocycles. The molecule has 1 aliphatic rings. The first-order valence-corrected chi connectivity index (χ1v) is 14.3. The number of benzene rings is 1. The minimum Gasteiger partial charge on any atom is -0.493 e. The summed E-state index contributed by atoms with van der Waals surface area (Å²) < 4.78 is 46.7. The molecule has 3 heterocycles. The van der Waals surface area contributed by atoms with Crippen molar-refractivity contribution in [1.29, 1.82) is 0 Å². The summed E-state index contributed by atoms with van der Waals surface area (Å²) in [6, 6.07) is 6.82. The third-order valence-electron chi connectivity index (χ3n) is 5.86. The Morgan fingerprint density at radius 3 is 2.40 bits per heavy atom. The number of sulfonamides is 1. The lowest BCUT2D eigenvalue weighted by atomic mass is 9.98. The Hall–Kier alpha value is -1.96. The van der Waals surface area contributed by atoms with E-state index in [4.69, 9.17) is 25.8 Å². The molecule has 1 amide bonds. The number of nitrogens with zero attached hydrogens (tertiary/aromatic N) is 3. The van der Waals surface area contributed by atoms with E-state index in [1.54, 1.807) is 27.4 Å². The predicted molar refractivity (Wildman–Crippen MR) is 136 cm³/mol. The number of piperidine rings is 1. The summed E-state index contributed by atoms with van der Waals surface area (Å²) in [6.07, 6.45) is 0.816. The lowest BCUT2D eigenvalue weighted by Gasteiger charge is -2.29. The number of halogens is 1. The van der Waals surface area contributed by atoms with Crippen LogP contribution < -0.4 is 14.3 Å². The molecule has 2 aromatic heterocycles. The van der Waals surface area contributed by atoms with Crippen LogP contribution in [0.4, 0.5) is 0 Å². The topological polar surface area (TPSA) is 99.4 Å². The van der Waals surface area contributed by atoms with Crippen molar-refractivity contribution in [3.05, 3.63) is 33.4 Å². The third kappa shape index (κ3) is 5.42. The molecule has 1 fully saturated rings. The minimum atomic E-state index is -3.61. The molecule has 4 rings (SSSR count). The van der Waals surface area contributed by atoms with E-state index in [2.05, 4.69) is 4.99 Å². The number of aromatic nitrogens is 1. The number of rotatable bonds is 8. The summed E-state index contributed by atoms with van der Waals surface area (Å²) in [5.41, 5.74) is 0.867. The summed E-state index contributed by atoms with van der Waals surface area (Å²) >= 11 is 8.33. The Bertz CT molecular complexity index is 1390. The van der Waals surface area contributed by atoms with Crippen molar-refractivity contribution in [3.63, 3.8) is 0 Å². The van der Waals surface area contributed by atoms with Gasteiger partial charge in [-0.3, -0.25) is 4.79 Å². The Balaban J connectivity index is 1.58. The number of methoxy groups -OCH3 is 3. The van der Waals surface area contributed by atoms with E-state index in [-0.39, 0.29) is 29.1 Å². The number of fused-ring (bicyclic) bond motifs is 1. The van der Waals surface area contributed by atoms with Gasteiger partial charge in [0.25, 0.3) is 15.9 Å². The van der Waals surface area contributed by atoms with Crippen molar-refractivity contribution >= 4 is 60.4 Å². The first kappa shape index (κ1) is 26.1. The van der Waals surface area contributed by atoms with Crippen LogP contribution in [0.1, 0.15) is 12.8 Å². The smallest absolute Gasteiger partial charge is 0.252 e. The molecule has 0 N–H and O–H groups in total. The monoisotopic (exact) mass is 559 g/mol. The number of amides is 1. The summed E-state index contributed by atoms with van der Waals surface area (Å²) in [4.78, 5) is 18.1. The number of hydrogen-bond donors (Lipinski definition) is 0. The van der Waals surface area contributed by atoms with Gasteiger partial charge in [-0.25, -0.2) is 8.42 Å². The number of hydrogen-bond acceptors (Lipinski definition) is 8. The highest BCUT2D eigenvalue weighted by Gasteiger charge is 2.33. The summed E-state index contributed by atoms with van der Waals surface area (Å²) in [5, 5.41) is 0. The van der Waals surface area contributed by atoms with Crippen molar-refractivity contribution in [3.8, 4) is 11.5 Å². The second-order valence-corrected chi connectivity index (χ2v) is 12.8. The average Bonchev–Trinajstić information content (AvgIpc) is 3.44. The van der Waals surface area contributed by atoms with E-state index in [0.717, 1.165) is 21.6 Å². The Morgan fingerprint density at radius 2 is 1.80 bits per heavy atom. The molecule has 1 aromatic carbocycles. The van der Waals surface area contributed by atoms with Gasteiger partial charge in [0.15, 0.2) is 16.3 Å². The number of thiophene rings is 1. The Kier molecular flexibility index (Phi) is 8.19. The fourth-order valence-electron chi connectivity index (χ4n) is 3.97. The van der Waals surface area contributed by atoms with Gasteiger partial charge in [0.1, 0.15) is 4.21 Å². The van der Waals surface area contributed by atoms with Crippen LogP contribution in [0.2, 0.25) is 4.34 Å². The van der Waals surface area contributed by atoms with Gasteiger partial charge in [0.05, 0.1) is 35.4 Å². The predicted octanol–water partition coefficient (Wildman–Crippen LogP) is 3.61. The van der Waals surface area contributed by atoms with E-state index in [1.165, 1.54) is 21.7 Å². The zero-order valence-corrected chi connectivity index (χ0v) is 22.7. The van der Waals surface area contributed by atoms with Crippen LogP contribution in [0, 0.1) is 5.92 Å². The maximum absolute atomic E-state index is 13.1. The van der Waals surface area contributed by atoms with Crippen molar-refractivity contribution in [2.24, 2.45) is 10.9 Å². The molecular formula is C22H26ClN3O6S3. The molecule has 0 bridgehead atoms. The van der Waals surface area contributed by atoms with E-state index < -0.39 is 10.0 Å². The molecule has 1 aliphatic heterocycles. The Labute approximate surface area is 216 Å². The van der Waals surface area contributed by atoms with Crippen LogP contribution in [-0.2, 0) is 26.1 Å².